The quantitative estimate of drug-likeness (QED) is 0.538. The van der Waals surface area contributed by atoms with Crippen LogP contribution in [0.1, 0.15) is 0 Å². The molecule has 11 heavy (non-hydrogen) atoms. The van der Waals surface area contributed by atoms with Crippen LogP contribution in [0.3, 0.4) is 0 Å². The van der Waals surface area contributed by atoms with E-state index in [9.17, 15) is 4.57 Å². The minimum atomic E-state index is -4.56. The zero-order valence-corrected chi connectivity index (χ0v) is 5.92. The van der Waals surface area contributed by atoms with Crippen molar-refractivity contribution in [1.82, 2.24) is 20.6 Å². The van der Waals surface area contributed by atoms with Gasteiger partial charge in [0.05, 0.1) is 0 Å². The second-order valence-electron chi connectivity index (χ2n) is 1.44. The van der Waals surface area contributed by atoms with Crippen LogP contribution < -0.4 is 4.52 Å². The summed E-state index contributed by atoms with van der Waals surface area (Å²) in [6, 6.07) is 0. The fraction of sp³-hybridized carbons (Fsp3) is 0. The van der Waals surface area contributed by atoms with Crippen molar-refractivity contribution >= 4 is 7.82 Å². The monoisotopic (exact) mass is 178 g/mol. The molecule has 9 heteroatoms. The Morgan fingerprint density at radius 2 is 2.18 bits per heavy atom. The van der Waals surface area contributed by atoms with Crippen molar-refractivity contribution in [2.75, 3.05) is 0 Å². The molecule has 0 spiro atoms. The highest BCUT2D eigenvalue weighted by Crippen LogP contribution is 2.35. The predicted molar refractivity (Wildman–Crippen MR) is 30.3 cm³/mol. The average molecular weight is 178 g/mol. The van der Waals surface area contributed by atoms with Gasteiger partial charge >= 0.3 is 7.82 Å². The van der Waals surface area contributed by atoms with Crippen LogP contribution in [0.2, 0.25) is 0 Å². The summed E-state index contributed by atoms with van der Waals surface area (Å²) in [4.78, 5) is 16.5. The van der Waals surface area contributed by atoms with E-state index in [1.54, 1.807) is 0 Å². The Morgan fingerprint density at radius 3 is 2.64 bits per heavy atom. The summed E-state index contributed by atoms with van der Waals surface area (Å²) in [6.45, 7) is 0. The number of nitrogens with zero attached hydrogens (tertiary/aromatic N) is 4. The Kier molecular flexibility index (Phi) is 2.08. The molecule has 1 heterocycles. The standard InChI is InChI=1S/C2H3N4O4P/c7-11(8,9)10-2-1-3-5-6-4-2/h1H,(H2,7,8,9). The van der Waals surface area contributed by atoms with Gasteiger partial charge < -0.3 is 4.52 Å². The van der Waals surface area contributed by atoms with E-state index in [1.165, 1.54) is 0 Å². The molecule has 0 aliphatic rings. The van der Waals surface area contributed by atoms with Gasteiger partial charge in [-0.2, -0.15) is 0 Å². The molecule has 0 bridgehead atoms. The van der Waals surface area contributed by atoms with Gasteiger partial charge in [-0.05, 0) is 10.4 Å². The molecule has 1 aromatic rings. The lowest BCUT2D eigenvalue weighted by Crippen LogP contribution is -1.96. The first-order valence-electron chi connectivity index (χ1n) is 2.34. The maximum atomic E-state index is 10.2. The van der Waals surface area contributed by atoms with Crippen LogP contribution in [0.4, 0.5) is 0 Å². The lowest BCUT2D eigenvalue weighted by Gasteiger charge is -2.01. The minimum Gasteiger partial charge on any atom is -0.382 e. The summed E-state index contributed by atoms with van der Waals surface area (Å²) >= 11 is 0. The predicted octanol–water partition coefficient (Wildman–Crippen LogP) is -1.26. The van der Waals surface area contributed by atoms with E-state index < -0.39 is 7.82 Å². The lowest BCUT2D eigenvalue weighted by molar-refractivity contribution is 0.276. The highest BCUT2D eigenvalue weighted by Gasteiger charge is 2.16. The molecule has 0 aromatic carbocycles. The molecule has 0 saturated carbocycles. The average Bonchev–Trinajstić information content (AvgIpc) is 1.85. The third-order valence-electron chi connectivity index (χ3n) is 0.616. The zero-order chi connectivity index (χ0) is 8.32. The molecule has 8 nitrogen and oxygen atoms in total. The van der Waals surface area contributed by atoms with Gasteiger partial charge in [0.2, 0.25) is 0 Å². The van der Waals surface area contributed by atoms with E-state index in [0.717, 1.165) is 6.20 Å². The highest BCUT2D eigenvalue weighted by molar-refractivity contribution is 7.46. The van der Waals surface area contributed by atoms with E-state index >= 15 is 0 Å². The van der Waals surface area contributed by atoms with Crippen molar-refractivity contribution in [2.24, 2.45) is 0 Å². The summed E-state index contributed by atoms with van der Waals surface area (Å²) in [5.41, 5.74) is 0. The number of phosphoric acid groups is 1. The number of hydrogen-bond donors (Lipinski definition) is 2. The number of hydrogen-bond acceptors (Lipinski definition) is 6. The molecule has 0 atom stereocenters. The highest BCUT2D eigenvalue weighted by atomic mass is 31.2. The van der Waals surface area contributed by atoms with E-state index in [4.69, 9.17) is 9.79 Å². The van der Waals surface area contributed by atoms with Gasteiger partial charge in [-0.15, -0.1) is 5.10 Å². The minimum absolute atomic E-state index is 0.367. The van der Waals surface area contributed by atoms with Gasteiger partial charge in [-0.3, -0.25) is 9.79 Å². The van der Waals surface area contributed by atoms with Gasteiger partial charge in [0.1, 0.15) is 6.20 Å². The maximum Gasteiger partial charge on any atom is 0.526 e. The van der Waals surface area contributed by atoms with Crippen molar-refractivity contribution < 1.29 is 18.9 Å². The van der Waals surface area contributed by atoms with Crippen molar-refractivity contribution in [3.8, 4) is 5.88 Å². The number of phosphoric ester groups is 1. The topological polar surface area (TPSA) is 118 Å². The fourth-order valence-electron chi connectivity index (χ4n) is 0.352. The number of rotatable bonds is 2. The first-order valence-corrected chi connectivity index (χ1v) is 3.87. The molecular weight excluding hydrogens is 175 g/mol. The molecular formula is C2H3N4O4P. The Morgan fingerprint density at radius 1 is 1.45 bits per heavy atom. The lowest BCUT2D eigenvalue weighted by atomic mass is 10.9. The largest absolute Gasteiger partial charge is 0.526 e. The molecule has 0 unspecified atom stereocenters. The molecule has 0 fully saturated rings. The van der Waals surface area contributed by atoms with E-state index in [2.05, 4.69) is 25.1 Å². The Labute approximate surface area is 60.5 Å². The van der Waals surface area contributed by atoms with Crippen LogP contribution in [0, 0.1) is 0 Å². The molecule has 1 rings (SSSR count). The second-order valence-corrected chi connectivity index (χ2v) is 2.61. The summed E-state index contributed by atoms with van der Waals surface area (Å²) < 4.78 is 14.1. The van der Waals surface area contributed by atoms with Crippen LogP contribution >= 0.6 is 7.82 Å². The first-order chi connectivity index (χ1) is 5.08. The van der Waals surface area contributed by atoms with E-state index in [0.29, 0.717) is 0 Å². The van der Waals surface area contributed by atoms with Gasteiger partial charge in [-0.25, -0.2) is 4.57 Å². The molecule has 0 aliphatic carbocycles. The van der Waals surface area contributed by atoms with Crippen molar-refractivity contribution in [1.29, 1.82) is 0 Å². The Hall–Kier alpha value is -1.11. The van der Waals surface area contributed by atoms with Gasteiger partial charge in [0, 0.05) is 0 Å². The zero-order valence-electron chi connectivity index (χ0n) is 5.02. The Balaban J connectivity index is 2.74. The summed E-state index contributed by atoms with van der Waals surface area (Å²) in [5, 5.41) is 12.3. The van der Waals surface area contributed by atoms with Crippen LogP contribution in [0.5, 0.6) is 5.88 Å². The van der Waals surface area contributed by atoms with Gasteiger partial charge in [-0.1, -0.05) is 5.10 Å². The molecule has 2 N–H and O–H groups in total. The van der Waals surface area contributed by atoms with Crippen molar-refractivity contribution in [3.05, 3.63) is 6.20 Å². The fourth-order valence-corrected chi connectivity index (χ4v) is 0.679. The normalized spacial score (nSPS) is 11.1. The van der Waals surface area contributed by atoms with Crippen molar-refractivity contribution in [3.63, 3.8) is 0 Å². The summed E-state index contributed by atoms with van der Waals surface area (Å²) in [5.74, 6) is -0.367. The van der Waals surface area contributed by atoms with Crippen LogP contribution in [0.25, 0.3) is 0 Å². The molecule has 1 aromatic heterocycles. The van der Waals surface area contributed by atoms with Gasteiger partial charge in [0.25, 0.3) is 5.88 Å². The Bertz CT molecular complexity index is 271. The SMILES string of the molecule is O=P(O)(O)Oc1cnnnn1. The molecule has 0 amide bonds. The maximum absolute atomic E-state index is 10.2. The third kappa shape index (κ3) is 2.99. The smallest absolute Gasteiger partial charge is 0.382 e. The van der Waals surface area contributed by atoms with Crippen LogP contribution in [-0.4, -0.2) is 30.4 Å². The van der Waals surface area contributed by atoms with Gasteiger partial charge in [0.15, 0.2) is 0 Å². The third-order valence-corrected chi connectivity index (χ3v) is 1.04. The first kappa shape index (κ1) is 7.99. The number of aromatic nitrogens is 4. The molecule has 0 radical (unpaired) electrons. The summed E-state index contributed by atoms with van der Waals surface area (Å²) in [7, 11) is -4.56. The van der Waals surface area contributed by atoms with E-state index in [1.807, 2.05) is 0 Å². The van der Waals surface area contributed by atoms with Crippen LogP contribution in [0.15, 0.2) is 6.20 Å². The summed E-state index contributed by atoms with van der Waals surface area (Å²) in [6.07, 6.45) is 0.937. The second kappa shape index (κ2) is 2.87. The van der Waals surface area contributed by atoms with Crippen LogP contribution in [-0.2, 0) is 4.57 Å². The van der Waals surface area contributed by atoms with E-state index in [-0.39, 0.29) is 5.88 Å². The molecule has 0 aliphatic heterocycles. The molecule has 60 valence electrons. The molecule has 0 saturated heterocycles. The van der Waals surface area contributed by atoms with Crippen molar-refractivity contribution in [2.45, 2.75) is 0 Å².